The summed E-state index contributed by atoms with van der Waals surface area (Å²) in [5.41, 5.74) is 0.222. The summed E-state index contributed by atoms with van der Waals surface area (Å²) in [5.74, 6) is 2.48. The van der Waals surface area contributed by atoms with E-state index in [0.29, 0.717) is 25.6 Å². The zero-order valence-electron chi connectivity index (χ0n) is 21.4. The quantitative estimate of drug-likeness (QED) is 0.541. The minimum atomic E-state index is -0.483. The van der Waals surface area contributed by atoms with E-state index in [2.05, 4.69) is 26.8 Å². The molecule has 3 aliphatic heterocycles. The number of methoxy groups -OCH3 is 1. The van der Waals surface area contributed by atoms with Crippen LogP contribution in [0.4, 0.5) is 4.79 Å². The van der Waals surface area contributed by atoms with Gasteiger partial charge in [-0.05, 0) is 58.9 Å². The van der Waals surface area contributed by atoms with Crippen molar-refractivity contribution in [2.24, 2.45) is 17.3 Å². The number of likely N-dealkylation sites (tertiary alicyclic amines) is 1. The third-order valence-corrected chi connectivity index (χ3v) is 7.40. The molecule has 2 saturated heterocycles. The van der Waals surface area contributed by atoms with Gasteiger partial charge in [0.1, 0.15) is 11.2 Å². The lowest BCUT2D eigenvalue weighted by molar-refractivity contribution is -0.200. The van der Waals surface area contributed by atoms with Crippen LogP contribution < -0.4 is 9.47 Å². The fourth-order valence-electron chi connectivity index (χ4n) is 5.73. The lowest BCUT2D eigenvalue weighted by Gasteiger charge is -2.58. The molecule has 1 aromatic carbocycles. The smallest absolute Gasteiger partial charge is 0.410 e. The van der Waals surface area contributed by atoms with Crippen LogP contribution in [0, 0.1) is 17.3 Å². The Morgan fingerprint density at radius 2 is 2.00 bits per heavy atom. The Bertz CT molecular complexity index is 870. The Morgan fingerprint density at radius 1 is 1.27 bits per heavy atom. The van der Waals surface area contributed by atoms with Crippen molar-refractivity contribution in [1.82, 2.24) is 4.90 Å². The van der Waals surface area contributed by atoms with E-state index in [4.69, 9.17) is 18.9 Å². The monoisotopic (exact) mass is 459 g/mol. The van der Waals surface area contributed by atoms with Gasteiger partial charge in [0.25, 0.3) is 0 Å². The SMILES string of the molecule is COc1cccc2c1O[C@](C)(CCCC(C)C)[C@H]1CC3(CO[C@H]21)CN(C(=O)OC(C)(C)C)C3. The Kier molecular flexibility index (Phi) is 6.36. The van der Waals surface area contributed by atoms with Crippen molar-refractivity contribution in [3.8, 4) is 11.5 Å². The van der Waals surface area contributed by atoms with E-state index in [1.165, 1.54) is 6.42 Å². The van der Waals surface area contributed by atoms with Gasteiger partial charge in [0.15, 0.2) is 11.5 Å². The molecule has 0 aliphatic carbocycles. The summed E-state index contributed by atoms with van der Waals surface area (Å²) in [7, 11) is 1.69. The highest BCUT2D eigenvalue weighted by Crippen LogP contribution is 2.58. The predicted octanol–water partition coefficient (Wildman–Crippen LogP) is 5.99. The maximum absolute atomic E-state index is 12.5. The molecule has 0 radical (unpaired) electrons. The molecule has 6 nitrogen and oxygen atoms in total. The van der Waals surface area contributed by atoms with Gasteiger partial charge in [0, 0.05) is 30.0 Å². The molecule has 33 heavy (non-hydrogen) atoms. The van der Waals surface area contributed by atoms with Crippen molar-refractivity contribution in [1.29, 1.82) is 0 Å². The van der Waals surface area contributed by atoms with Crippen molar-refractivity contribution in [3.05, 3.63) is 23.8 Å². The first-order valence-electron chi connectivity index (χ1n) is 12.4. The molecule has 0 saturated carbocycles. The topological polar surface area (TPSA) is 57.2 Å². The first-order valence-corrected chi connectivity index (χ1v) is 12.4. The molecule has 1 spiro atoms. The van der Waals surface area contributed by atoms with Gasteiger partial charge in [-0.1, -0.05) is 32.4 Å². The van der Waals surface area contributed by atoms with Gasteiger partial charge in [0.05, 0.1) is 19.8 Å². The van der Waals surface area contributed by atoms with Crippen molar-refractivity contribution < 1.29 is 23.7 Å². The Hall–Kier alpha value is -1.95. The van der Waals surface area contributed by atoms with Crippen LogP contribution >= 0.6 is 0 Å². The largest absolute Gasteiger partial charge is 0.493 e. The van der Waals surface area contributed by atoms with Crippen LogP contribution in [-0.2, 0) is 9.47 Å². The second-order valence-electron chi connectivity index (χ2n) is 12.0. The number of hydrogen-bond donors (Lipinski definition) is 0. The Balaban J connectivity index is 1.55. The van der Waals surface area contributed by atoms with E-state index < -0.39 is 5.60 Å². The van der Waals surface area contributed by atoms with Crippen molar-refractivity contribution in [3.63, 3.8) is 0 Å². The molecule has 4 rings (SSSR count). The average Bonchev–Trinajstić information content (AvgIpc) is 2.70. The summed E-state index contributed by atoms with van der Waals surface area (Å²) >= 11 is 0. The maximum Gasteiger partial charge on any atom is 0.410 e. The maximum atomic E-state index is 12.5. The van der Waals surface area contributed by atoms with Crippen molar-refractivity contribution in [2.75, 3.05) is 26.8 Å². The fourth-order valence-corrected chi connectivity index (χ4v) is 5.73. The van der Waals surface area contributed by atoms with E-state index >= 15 is 0 Å². The van der Waals surface area contributed by atoms with Crippen LogP contribution in [0.1, 0.15) is 78.9 Å². The summed E-state index contributed by atoms with van der Waals surface area (Å²) in [6.07, 6.45) is 3.98. The zero-order chi connectivity index (χ0) is 24.0. The molecule has 1 amide bonds. The number of carbonyl (C=O) groups is 1. The Morgan fingerprint density at radius 3 is 2.64 bits per heavy atom. The zero-order valence-corrected chi connectivity index (χ0v) is 21.4. The molecule has 3 atom stereocenters. The second kappa shape index (κ2) is 8.68. The number of nitrogens with zero attached hydrogens (tertiary/aromatic N) is 1. The summed E-state index contributed by atoms with van der Waals surface area (Å²) in [6, 6.07) is 6.08. The summed E-state index contributed by atoms with van der Waals surface area (Å²) in [4.78, 5) is 14.4. The van der Waals surface area contributed by atoms with E-state index in [1.807, 2.05) is 37.8 Å². The van der Waals surface area contributed by atoms with Crippen LogP contribution in [0.3, 0.4) is 0 Å². The molecule has 2 fully saturated rings. The summed E-state index contributed by atoms with van der Waals surface area (Å²) < 4.78 is 24.6. The molecule has 1 aromatic rings. The van der Waals surface area contributed by atoms with Crippen LogP contribution in [-0.4, -0.2) is 49.0 Å². The van der Waals surface area contributed by atoms with Crippen LogP contribution in [0.25, 0.3) is 0 Å². The second-order valence-corrected chi connectivity index (χ2v) is 12.0. The molecule has 3 aliphatic rings. The average molecular weight is 460 g/mol. The first kappa shape index (κ1) is 24.2. The number of carbonyl (C=O) groups excluding carboxylic acids is 1. The number of para-hydroxylation sites is 1. The number of rotatable bonds is 5. The van der Waals surface area contributed by atoms with Crippen LogP contribution in [0.15, 0.2) is 18.2 Å². The van der Waals surface area contributed by atoms with Gasteiger partial charge in [-0.25, -0.2) is 4.79 Å². The molecule has 0 bridgehead atoms. The van der Waals surface area contributed by atoms with Crippen LogP contribution in [0.2, 0.25) is 0 Å². The standard InChI is InChI=1S/C27H41NO5/c1-18(2)10-9-13-26(6)20-14-27(15-28(16-27)24(29)33-25(3,4)5)17-31-22(20)19-11-8-12-21(30-7)23(19)32-26/h8,11-12,18,20,22H,9-10,13-17H2,1-7H3/t20-,22+,26+/m0/s1. The van der Waals surface area contributed by atoms with Gasteiger partial charge >= 0.3 is 6.09 Å². The van der Waals surface area contributed by atoms with Gasteiger partial charge in [-0.2, -0.15) is 0 Å². The summed E-state index contributed by atoms with van der Waals surface area (Å²) in [5, 5.41) is 0. The highest BCUT2D eigenvalue weighted by molar-refractivity contribution is 5.69. The van der Waals surface area contributed by atoms with Gasteiger partial charge in [-0.3, -0.25) is 0 Å². The normalized spacial score (nSPS) is 27.9. The molecule has 0 aromatic heterocycles. The van der Waals surface area contributed by atoms with Gasteiger partial charge in [0.2, 0.25) is 0 Å². The molecule has 0 unspecified atom stereocenters. The molecule has 6 heteroatoms. The summed E-state index contributed by atoms with van der Waals surface area (Å²) in [6.45, 7) is 14.5. The molecular formula is C27H41NO5. The number of amides is 1. The third-order valence-electron chi connectivity index (χ3n) is 7.40. The highest BCUT2D eigenvalue weighted by Gasteiger charge is 2.58. The molecule has 184 valence electrons. The molecule has 3 heterocycles. The number of fused-ring (bicyclic) bond motifs is 3. The van der Waals surface area contributed by atoms with Crippen LogP contribution in [0.5, 0.6) is 11.5 Å². The Labute approximate surface area is 198 Å². The molecular weight excluding hydrogens is 418 g/mol. The van der Waals surface area contributed by atoms with E-state index in [0.717, 1.165) is 36.3 Å². The van der Waals surface area contributed by atoms with Crippen molar-refractivity contribution >= 4 is 6.09 Å². The minimum absolute atomic E-state index is 0.0194. The fraction of sp³-hybridized carbons (Fsp3) is 0.741. The van der Waals surface area contributed by atoms with Crippen molar-refractivity contribution in [2.45, 2.75) is 84.5 Å². The lowest BCUT2D eigenvalue weighted by atomic mass is 9.63. The van der Waals surface area contributed by atoms with E-state index in [1.54, 1.807) is 7.11 Å². The highest BCUT2D eigenvalue weighted by atomic mass is 16.6. The lowest BCUT2D eigenvalue weighted by Crippen LogP contribution is -2.65. The van der Waals surface area contributed by atoms with E-state index in [-0.39, 0.29) is 29.1 Å². The third kappa shape index (κ3) is 4.82. The van der Waals surface area contributed by atoms with E-state index in [9.17, 15) is 4.79 Å². The first-order chi connectivity index (χ1) is 15.5. The minimum Gasteiger partial charge on any atom is -0.493 e. The van der Waals surface area contributed by atoms with Gasteiger partial charge in [-0.15, -0.1) is 0 Å². The van der Waals surface area contributed by atoms with Gasteiger partial charge < -0.3 is 23.8 Å². The number of benzene rings is 1. The molecule has 0 N–H and O–H groups in total. The number of ether oxygens (including phenoxy) is 4. The predicted molar refractivity (Wildman–Crippen MR) is 128 cm³/mol. The number of hydrogen-bond acceptors (Lipinski definition) is 5.